The molecule has 1 aliphatic heterocycles. The molecule has 1 amide bonds. The average Bonchev–Trinajstić information content (AvgIpc) is 2.79. The van der Waals surface area contributed by atoms with Crippen molar-refractivity contribution in [3.8, 4) is 0 Å². The van der Waals surface area contributed by atoms with E-state index >= 15 is 0 Å². The summed E-state index contributed by atoms with van der Waals surface area (Å²) in [5, 5.41) is 4.53. The first-order valence-electron chi connectivity index (χ1n) is 7.32. The Bertz CT molecular complexity index is 696. The number of hydrogen-bond acceptors (Lipinski definition) is 4. The zero-order valence-electron chi connectivity index (χ0n) is 13.4. The Morgan fingerprint density at radius 2 is 2.08 bits per heavy atom. The maximum Gasteiger partial charge on any atom is 0.262 e. The predicted octanol–water partition coefficient (Wildman–Crippen LogP) is 2.37. The fraction of sp³-hybridized carbons (Fsp3) is 0.533. The molecule has 0 aliphatic carbocycles. The van der Waals surface area contributed by atoms with Crippen molar-refractivity contribution in [2.75, 3.05) is 11.9 Å². The van der Waals surface area contributed by atoms with Gasteiger partial charge in [0.15, 0.2) is 9.84 Å². The SMILES string of the molecule is CC(C)S(=O)(=O)Cc1cccc(NC(=O)C2CC(F)(F)CN2)c1.Cl. The van der Waals surface area contributed by atoms with E-state index in [4.69, 9.17) is 0 Å². The molecule has 1 aromatic rings. The molecule has 1 aromatic carbocycles. The number of benzene rings is 1. The minimum Gasteiger partial charge on any atom is -0.325 e. The molecule has 0 spiro atoms. The largest absolute Gasteiger partial charge is 0.325 e. The third kappa shape index (κ3) is 5.39. The lowest BCUT2D eigenvalue weighted by atomic mass is 10.1. The summed E-state index contributed by atoms with van der Waals surface area (Å²) in [5.74, 6) is -3.56. The number of nitrogens with one attached hydrogen (secondary N) is 2. The van der Waals surface area contributed by atoms with Crippen molar-refractivity contribution in [3.05, 3.63) is 29.8 Å². The maximum atomic E-state index is 13.1. The van der Waals surface area contributed by atoms with E-state index in [1.54, 1.807) is 38.1 Å². The molecular formula is C15H21ClF2N2O3S. The monoisotopic (exact) mass is 382 g/mol. The highest BCUT2D eigenvalue weighted by atomic mass is 35.5. The van der Waals surface area contributed by atoms with Crippen LogP contribution in [-0.4, -0.2) is 38.1 Å². The van der Waals surface area contributed by atoms with Crippen molar-refractivity contribution < 1.29 is 22.0 Å². The van der Waals surface area contributed by atoms with E-state index in [0.29, 0.717) is 11.3 Å². The highest BCUT2D eigenvalue weighted by molar-refractivity contribution is 7.91. The van der Waals surface area contributed by atoms with Gasteiger partial charge in [-0.15, -0.1) is 12.4 Å². The summed E-state index contributed by atoms with van der Waals surface area (Å²) >= 11 is 0. The van der Waals surface area contributed by atoms with Crippen LogP contribution in [0.15, 0.2) is 24.3 Å². The van der Waals surface area contributed by atoms with Gasteiger partial charge < -0.3 is 5.32 Å². The molecule has 24 heavy (non-hydrogen) atoms. The molecule has 9 heteroatoms. The van der Waals surface area contributed by atoms with Crippen LogP contribution in [0.1, 0.15) is 25.8 Å². The Labute approximate surface area is 146 Å². The van der Waals surface area contributed by atoms with E-state index in [1.165, 1.54) is 0 Å². The Morgan fingerprint density at radius 1 is 1.42 bits per heavy atom. The van der Waals surface area contributed by atoms with E-state index in [1.807, 2.05) is 0 Å². The van der Waals surface area contributed by atoms with Gasteiger partial charge in [-0.25, -0.2) is 17.2 Å². The molecular weight excluding hydrogens is 362 g/mol. The summed E-state index contributed by atoms with van der Waals surface area (Å²) in [6.07, 6.45) is -0.541. The minimum absolute atomic E-state index is 0. The van der Waals surface area contributed by atoms with Crippen LogP contribution in [0.5, 0.6) is 0 Å². The molecule has 1 saturated heterocycles. The van der Waals surface area contributed by atoms with E-state index < -0.39 is 45.9 Å². The second-order valence-corrected chi connectivity index (χ2v) is 8.60. The summed E-state index contributed by atoms with van der Waals surface area (Å²) in [6, 6.07) is 5.46. The predicted molar refractivity (Wildman–Crippen MR) is 91.4 cm³/mol. The number of alkyl halides is 2. The Morgan fingerprint density at radius 3 is 2.62 bits per heavy atom. The number of carbonyl (C=O) groups is 1. The van der Waals surface area contributed by atoms with Gasteiger partial charge in [-0.05, 0) is 31.5 Å². The lowest BCUT2D eigenvalue weighted by Gasteiger charge is -2.13. The van der Waals surface area contributed by atoms with Gasteiger partial charge in [0, 0.05) is 12.1 Å². The van der Waals surface area contributed by atoms with Crippen molar-refractivity contribution in [2.45, 2.75) is 43.2 Å². The van der Waals surface area contributed by atoms with Gasteiger partial charge in [0.1, 0.15) is 0 Å². The van der Waals surface area contributed by atoms with Gasteiger partial charge in [-0.2, -0.15) is 0 Å². The van der Waals surface area contributed by atoms with Crippen LogP contribution in [0.25, 0.3) is 0 Å². The summed E-state index contributed by atoms with van der Waals surface area (Å²) in [4.78, 5) is 12.0. The Kier molecular flexibility index (Phi) is 6.72. The fourth-order valence-electron chi connectivity index (χ4n) is 2.27. The minimum atomic E-state index is -3.25. The molecule has 1 atom stereocenters. The van der Waals surface area contributed by atoms with Crippen molar-refractivity contribution >= 4 is 33.8 Å². The molecule has 0 bridgehead atoms. The molecule has 1 fully saturated rings. The van der Waals surface area contributed by atoms with Crippen molar-refractivity contribution in [1.29, 1.82) is 0 Å². The first kappa shape index (κ1) is 20.8. The molecule has 0 aromatic heterocycles. The third-order valence-corrected chi connectivity index (χ3v) is 5.88. The number of halogens is 3. The van der Waals surface area contributed by atoms with E-state index in [0.717, 1.165) is 0 Å². The van der Waals surface area contributed by atoms with Gasteiger partial charge >= 0.3 is 0 Å². The van der Waals surface area contributed by atoms with Crippen LogP contribution in [0.3, 0.4) is 0 Å². The molecule has 0 saturated carbocycles. The number of anilines is 1. The molecule has 2 N–H and O–H groups in total. The smallest absolute Gasteiger partial charge is 0.262 e. The van der Waals surface area contributed by atoms with Gasteiger partial charge in [0.25, 0.3) is 5.92 Å². The number of amides is 1. The van der Waals surface area contributed by atoms with E-state index in [-0.39, 0.29) is 18.2 Å². The molecule has 136 valence electrons. The van der Waals surface area contributed by atoms with Crippen molar-refractivity contribution in [2.24, 2.45) is 0 Å². The van der Waals surface area contributed by atoms with Gasteiger partial charge in [0.2, 0.25) is 5.91 Å². The van der Waals surface area contributed by atoms with Crippen LogP contribution in [0, 0.1) is 0 Å². The van der Waals surface area contributed by atoms with E-state index in [2.05, 4.69) is 10.6 Å². The second kappa shape index (κ2) is 7.76. The van der Waals surface area contributed by atoms with Crippen LogP contribution in [0.2, 0.25) is 0 Å². The summed E-state index contributed by atoms with van der Waals surface area (Å²) < 4.78 is 50.1. The Hall–Kier alpha value is -1.25. The van der Waals surface area contributed by atoms with Crippen LogP contribution in [-0.2, 0) is 20.4 Å². The summed E-state index contributed by atoms with van der Waals surface area (Å²) in [5.41, 5.74) is 0.935. The first-order chi connectivity index (χ1) is 10.6. The normalized spacial score (nSPS) is 19.8. The highest BCUT2D eigenvalue weighted by Crippen LogP contribution is 2.26. The average molecular weight is 383 g/mol. The molecule has 1 unspecified atom stereocenters. The first-order valence-corrected chi connectivity index (χ1v) is 9.03. The summed E-state index contributed by atoms with van der Waals surface area (Å²) in [7, 11) is -3.25. The number of carbonyl (C=O) groups excluding carboxylic acids is 1. The lowest BCUT2D eigenvalue weighted by Crippen LogP contribution is -2.35. The highest BCUT2D eigenvalue weighted by Gasteiger charge is 2.42. The van der Waals surface area contributed by atoms with Gasteiger partial charge in [-0.1, -0.05) is 12.1 Å². The topological polar surface area (TPSA) is 75.3 Å². The molecule has 1 heterocycles. The van der Waals surface area contributed by atoms with Crippen LogP contribution in [0.4, 0.5) is 14.5 Å². The maximum absolute atomic E-state index is 13.1. The number of hydrogen-bond donors (Lipinski definition) is 2. The molecule has 0 radical (unpaired) electrons. The second-order valence-electron chi connectivity index (χ2n) is 6.04. The summed E-state index contributed by atoms with van der Waals surface area (Å²) in [6.45, 7) is 2.69. The number of rotatable bonds is 5. The van der Waals surface area contributed by atoms with Gasteiger partial charge in [0.05, 0.1) is 23.6 Å². The van der Waals surface area contributed by atoms with E-state index in [9.17, 15) is 22.0 Å². The number of sulfone groups is 1. The standard InChI is InChI=1S/C15H20F2N2O3S.ClH/c1-10(2)23(21,22)8-11-4-3-5-12(6-11)19-14(20)13-7-15(16,17)9-18-13;/h3-6,10,13,18H,7-9H2,1-2H3,(H,19,20);1H. The molecule has 1 aliphatic rings. The van der Waals surface area contributed by atoms with Crippen molar-refractivity contribution in [1.82, 2.24) is 5.32 Å². The molecule has 2 rings (SSSR count). The molecule has 5 nitrogen and oxygen atoms in total. The van der Waals surface area contributed by atoms with Crippen LogP contribution < -0.4 is 10.6 Å². The Balaban J connectivity index is 0.00000288. The quantitative estimate of drug-likeness (QED) is 0.819. The third-order valence-electron chi connectivity index (χ3n) is 3.71. The zero-order valence-corrected chi connectivity index (χ0v) is 15.0. The fourth-order valence-corrected chi connectivity index (χ4v) is 3.25. The van der Waals surface area contributed by atoms with Crippen molar-refractivity contribution in [3.63, 3.8) is 0 Å². The van der Waals surface area contributed by atoms with Gasteiger partial charge in [-0.3, -0.25) is 10.1 Å². The zero-order chi connectivity index (χ0) is 17.3. The van der Waals surface area contributed by atoms with Crippen LogP contribution >= 0.6 is 12.4 Å². The lowest BCUT2D eigenvalue weighted by molar-refractivity contribution is -0.118.